The van der Waals surface area contributed by atoms with E-state index in [1.54, 1.807) is 12.1 Å². The molecule has 0 saturated carbocycles. The Morgan fingerprint density at radius 3 is 2.75 bits per heavy atom. The van der Waals surface area contributed by atoms with Crippen molar-refractivity contribution >= 4 is 35.9 Å². The summed E-state index contributed by atoms with van der Waals surface area (Å²) >= 11 is 12.2. The first-order chi connectivity index (χ1) is 9.53. The summed E-state index contributed by atoms with van der Waals surface area (Å²) in [5.74, 6) is 0. The number of halogens is 2. The Kier molecular flexibility index (Phi) is 6.99. The summed E-state index contributed by atoms with van der Waals surface area (Å²) in [5.41, 5.74) is 5.39. The second-order valence-electron chi connectivity index (χ2n) is 4.46. The van der Waals surface area contributed by atoms with Crippen LogP contribution in [0.2, 0.25) is 10.0 Å². The van der Waals surface area contributed by atoms with Crippen LogP contribution in [0.25, 0.3) is 0 Å². The molecule has 0 bridgehead atoms. The first-order valence-electron chi connectivity index (χ1n) is 6.34. The van der Waals surface area contributed by atoms with Crippen LogP contribution < -0.4 is 5.73 Å². The molecule has 0 spiro atoms. The molecule has 110 valence electrons. The van der Waals surface area contributed by atoms with E-state index < -0.39 is 5.60 Å². The van der Waals surface area contributed by atoms with Crippen molar-refractivity contribution in [2.45, 2.75) is 25.9 Å². The summed E-state index contributed by atoms with van der Waals surface area (Å²) in [4.78, 5) is 7.94. The summed E-state index contributed by atoms with van der Waals surface area (Å²) in [6.07, 6.45) is 3.49. The minimum Gasteiger partial charge on any atom is -0.390 e. The van der Waals surface area contributed by atoms with Crippen molar-refractivity contribution in [2.75, 3.05) is 13.2 Å². The molecule has 1 atom stereocenters. The fourth-order valence-corrected chi connectivity index (χ4v) is 2.36. The minimum atomic E-state index is -0.627. The van der Waals surface area contributed by atoms with Crippen LogP contribution in [0.15, 0.2) is 28.2 Å². The molecule has 0 aliphatic heterocycles. The SMILES string of the molecule is CCCOC(C)(CN=CN=CN)c1ccc(Cl)cc1Cl. The summed E-state index contributed by atoms with van der Waals surface area (Å²) in [6, 6.07) is 5.36. The first kappa shape index (κ1) is 17.0. The van der Waals surface area contributed by atoms with Gasteiger partial charge in [0.15, 0.2) is 0 Å². The molecule has 2 N–H and O–H groups in total. The first-order valence-corrected chi connectivity index (χ1v) is 7.10. The third-order valence-corrected chi connectivity index (χ3v) is 3.30. The fraction of sp³-hybridized carbons (Fsp3) is 0.429. The smallest absolute Gasteiger partial charge is 0.111 e. The third-order valence-electron chi connectivity index (χ3n) is 2.75. The van der Waals surface area contributed by atoms with Crippen molar-refractivity contribution in [3.05, 3.63) is 33.8 Å². The minimum absolute atomic E-state index is 0.395. The fourth-order valence-electron chi connectivity index (χ4n) is 1.75. The Morgan fingerprint density at radius 1 is 1.40 bits per heavy atom. The predicted octanol–water partition coefficient (Wildman–Crippen LogP) is 3.65. The van der Waals surface area contributed by atoms with E-state index in [2.05, 4.69) is 9.98 Å². The Balaban J connectivity index is 3.02. The van der Waals surface area contributed by atoms with Crippen LogP contribution in [0.4, 0.5) is 0 Å². The second kappa shape index (κ2) is 8.25. The molecule has 1 aromatic rings. The molecule has 0 radical (unpaired) electrons. The number of hydrogen-bond acceptors (Lipinski definition) is 2. The van der Waals surface area contributed by atoms with Gasteiger partial charge in [-0.15, -0.1) is 0 Å². The maximum Gasteiger partial charge on any atom is 0.111 e. The molecule has 1 rings (SSSR count). The van der Waals surface area contributed by atoms with Gasteiger partial charge in [0.1, 0.15) is 11.9 Å². The van der Waals surface area contributed by atoms with Crippen molar-refractivity contribution in [1.29, 1.82) is 0 Å². The Labute approximate surface area is 129 Å². The zero-order chi connectivity index (χ0) is 15.0. The van der Waals surface area contributed by atoms with E-state index in [1.165, 1.54) is 12.7 Å². The number of nitrogens with zero attached hydrogens (tertiary/aromatic N) is 2. The van der Waals surface area contributed by atoms with Crippen LogP contribution in [-0.4, -0.2) is 25.8 Å². The monoisotopic (exact) mass is 315 g/mol. The summed E-state index contributed by atoms with van der Waals surface area (Å²) in [5, 5.41) is 1.15. The van der Waals surface area contributed by atoms with E-state index >= 15 is 0 Å². The number of benzene rings is 1. The van der Waals surface area contributed by atoms with Crippen LogP contribution in [0.3, 0.4) is 0 Å². The number of nitrogens with two attached hydrogens (primary N) is 1. The van der Waals surface area contributed by atoms with Crippen molar-refractivity contribution in [2.24, 2.45) is 15.7 Å². The van der Waals surface area contributed by atoms with Crippen molar-refractivity contribution in [1.82, 2.24) is 0 Å². The molecule has 20 heavy (non-hydrogen) atoms. The van der Waals surface area contributed by atoms with Crippen molar-refractivity contribution < 1.29 is 4.74 Å². The Morgan fingerprint density at radius 2 is 2.15 bits per heavy atom. The molecule has 0 amide bonds. The summed E-state index contributed by atoms with van der Waals surface area (Å²) in [6.45, 7) is 5.00. The molecule has 1 aromatic carbocycles. The highest BCUT2D eigenvalue weighted by atomic mass is 35.5. The lowest BCUT2D eigenvalue weighted by atomic mass is 9.95. The Hall–Kier alpha value is -1.10. The van der Waals surface area contributed by atoms with Crippen LogP contribution >= 0.6 is 23.2 Å². The van der Waals surface area contributed by atoms with Crippen molar-refractivity contribution in [3.63, 3.8) is 0 Å². The quantitative estimate of drug-likeness (QED) is 0.616. The topological polar surface area (TPSA) is 60.0 Å². The number of ether oxygens (including phenoxy) is 1. The normalized spacial score (nSPS) is 15.0. The molecule has 6 heteroatoms. The van der Waals surface area contributed by atoms with Gasteiger partial charge in [0, 0.05) is 22.2 Å². The van der Waals surface area contributed by atoms with Crippen LogP contribution in [-0.2, 0) is 10.3 Å². The molecule has 1 unspecified atom stereocenters. The molecule has 0 heterocycles. The summed E-state index contributed by atoms with van der Waals surface area (Å²) < 4.78 is 5.94. The maximum absolute atomic E-state index is 6.27. The lowest BCUT2D eigenvalue weighted by Gasteiger charge is -2.29. The molecule has 0 aliphatic carbocycles. The average Bonchev–Trinajstić information content (AvgIpc) is 2.41. The molecule has 0 aromatic heterocycles. The second-order valence-corrected chi connectivity index (χ2v) is 5.30. The van der Waals surface area contributed by atoms with Gasteiger partial charge in [-0.1, -0.05) is 36.2 Å². The molecular formula is C14H19Cl2N3O. The van der Waals surface area contributed by atoms with Gasteiger partial charge in [0.25, 0.3) is 0 Å². The highest BCUT2D eigenvalue weighted by molar-refractivity contribution is 6.35. The van der Waals surface area contributed by atoms with Gasteiger partial charge in [-0.05, 0) is 25.5 Å². The van der Waals surface area contributed by atoms with E-state index in [4.69, 9.17) is 33.7 Å². The van der Waals surface area contributed by atoms with E-state index in [0.717, 1.165) is 12.0 Å². The highest BCUT2D eigenvalue weighted by Crippen LogP contribution is 2.33. The standard InChI is InChI=1S/C14H19Cl2N3O/c1-3-6-20-14(2,8-18-10-19-9-17)12-5-4-11(15)7-13(12)16/h4-5,7,9-10H,3,6,8H2,1-2H3,(H2,17,18,19). The average molecular weight is 316 g/mol. The van der Waals surface area contributed by atoms with Gasteiger partial charge >= 0.3 is 0 Å². The molecule has 0 fully saturated rings. The van der Waals surface area contributed by atoms with Crippen LogP contribution in [0.5, 0.6) is 0 Å². The molecular weight excluding hydrogens is 297 g/mol. The van der Waals surface area contributed by atoms with E-state index in [-0.39, 0.29) is 0 Å². The lowest BCUT2D eigenvalue weighted by molar-refractivity contribution is -0.0283. The van der Waals surface area contributed by atoms with E-state index in [0.29, 0.717) is 23.2 Å². The largest absolute Gasteiger partial charge is 0.390 e. The molecule has 0 saturated heterocycles. The van der Waals surface area contributed by atoms with Gasteiger partial charge in [0.05, 0.1) is 12.9 Å². The number of aliphatic imine (C=N–C) groups is 2. The predicted molar refractivity (Wildman–Crippen MR) is 86.1 cm³/mol. The number of rotatable bonds is 7. The maximum atomic E-state index is 6.27. The molecule has 0 aliphatic rings. The van der Waals surface area contributed by atoms with Crippen LogP contribution in [0, 0.1) is 0 Å². The zero-order valence-electron chi connectivity index (χ0n) is 11.6. The zero-order valence-corrected chi connectivity index (χ0v) is 13.2. The number of hydrogen-bond donors (Lipinski definition) is 1. The van der Waals surface area contributed by atoms with Gasteiger partial charge in [-0.2, -0.15) is 0 Å². The van der Waals surface area contributed by atoms with E-state index in [1.807, 2.05) is 19.9 Å². The van der Waals surface area contributed by atoms with Gasteiger partial charge in [0.2, 0.25) is 0 Å². The Bertz CT molecular complexity index is 491. The van der Waals surface area contributed by atoms with Gasteiger partial charge < -0.3 is 10.5 Å². The van der Waals surface area contributed by atoms with Gasteiger partial charge in [-0.25, -0.2) is 4.99 Å². The summed E-state index contributed by atoms with van der Waals surface area (Å²) in [7, 11) is 0. The highest BCUT2D eigenvalue weighted by Gasteiger charge is 2.29. The van der Waals surface area contributed by atoms with Gasteiger partial charge in [-0.3, -0.25) is 4.99 Å². The molecule has 4 nitrogen and oxygen atoms in total. The van der Waals surface area contributed by atoms with Crippen LogP contribution in [0.1, 0.15) is 25.8 Å². The lowest BCUT2D eigenvalue weighted by Crippen LogP contribution is -2.30. The van der Waals surface area contributed by atoms with E-state index in [9.17, 15) is 0 Å². The third kappa shape index (κ3) is 4.78. The van der Waals surface area contributed by atoms with Crippen molar-refractivity contribution in [3.8, 4) is 0 Å².